The Kier molecular flexibility index (Phi) is 3.57. The van der Waals surface area contributed by atoms with Gasteiger partial charge in [0.2, 0.25) is 5.82 Å². The number of aromatic nitrogens is 4. The minimum atomic E-state index is 0.516. The number of fused-ring (bicyclic) bond motifs is 1. The van der Waals surface area contributed by atoms with Gasteiger partial charge >= 0.3 is 0 Å². The summed E-state index contributed by atoms with van der Waals surface area (Å²) in [5.74, 6) is 1.93. The Morgan fingerprint density at radius 3 is 2.37 bits per heavy atom. The second kappa shape index (κ2) is 6.21. The van der Waals surface area contributed by atoms with Crippen molar-refractivity contribution in [3.05, 3.63) is 78.4 Å². The van der Waals surface area contributed by atoms with E-state index in [2.05, 4.69) is 45.2 Å². The Bertz CT molecular complexity index is 1220. The normalized spacial score (nSPS) is 11.1. The summed E-state index contributed by atoms with van der Waals surface area (Å²) in [7, 11) is 0. The number of rotatable bonds is 3. The van der Waals surface area contributed by atoms with Crippen molar-refractivity contribution in [3.8, 4) is 34.2 Å². The van der Waals surface area contributed by atoms with Crippen LogP contribution in [-0.4, -0.2) is 20.1 Å². The minimum Gasteiger partial charge on any atom is -0.338 e. The molecule has 5 heteroatoms. The van der Waals surface area contributed by atoms with Gasteiger partial charge in [-0.2, -0.15) is 4.98 Å². The molecular formula is C22H16N4O. The van der Waals surface area contributed by atoms with Gasteiger partial charge in [-0.25, -0.2) is 4.98 Å². The lowest BCUT2D eigenvalue weighted by Gasteiger charge is -1.98. The smallest absolute Gasteiger partial charge is 0.258 e. The van der Waals surface area contributed by atoms with Crippen LogP contribution in [0.15, 0.2) is 77.3 Å². The van der Waals surface area contributed by atoms with Gasteiger partial charge < -0.3 is 9.51 Å². The lowest BCUT2D eigenvalue weighted by Crippen LogP contribution is -1.84. The summed E-state index contributed by atoms with van der Waals surface area (Å²) in [5.41, 5.74) is 6.02. The molecule has 0 unspecified atom stereocenters. The van der Waals surface area contributed by atoms with E-state index >= 15 is 0 Å². The van der Waals surface area contributed by atoms with Crippen LogP contribution in [0.3, 0.4) is 0 Å². The molecule has 5 aromatic rings. The summed E-state index contributed by atoms with van der Waals surface area (Å²) in [6, 6.07) is 23.9. The highest BCUT2D eigenvalue weighted by atomic mass is 16.5. The Labute approximate surface area is 155 Å². The molecule has 1 N–H and O–H groups in total. The summed E-state index contributed by atoms with van der Waals surface area (Å²) < 4.78 is 5.39. The third kappa shape index (κ3) is 2.89. The van der Waals surface area contributed by atoms with Crippen LogP contribution in [0.1, 0.15) is 5.56 Å². The second-order valence-electron chi connectivity index (χ2n) is 6.47. The molecule has 0 saturated carbocycles. The van der Waals surface area contributed by atoms with E-state index in [9.17, 15) is 0 Å². The molecule has 0 fully saturated rings. The van der Waals surface area contributed by atoms with Crippen LogP contribution in [0.4, 0.5) is 0 Å². The van der Waals surface area contributed by atoms with E-state index in [4.69, 9.17) is 4.52 Å². The third-order valence-corrected chi connectivity index (χ3v) is 4.50. The molecule has 0 aliphatic carbocycles. The van der Waals surface area contributed by atoms with E-state index in [0.717, 1.165) is 33.5 Å². The van der Waals surface area contributed by atoms with Crippen molar-refractivity contribution in [1.29, 1.82) is 0 Å². The molecule has 2 aromatic heterocycles. The Morgan fingerprint density at radius 2 is 1.56 bits per heavy atom. The zero-order valence-corrected chi connectivity index (χ0v) is 14.7. The highest BCUT2D eigenvalue weighted by Crippen LogP contribution is 2.26. The number of hydrogen-bond acceptors (Lipinski definition) is 4. The van der Waals surface area contributed by atoms with Crippen LogP contribution in [-0.2, 0) is 0 Å². The van der Waals surface area contributed by atoms with Crippen LogP contribution in [0, 0.1) is 6.92 Å². The highest BCUT2D eigenvalue weighted by Gasteiger charge is 2.11. The first-order valence-corrected chi connectivity index (χ1v) is 8.72. The fourth-order valence-corrected chi connectivity index (χ4v) is 3.07. The zero-order chi connectivity index (χ0) is 18.2. The first-order chi connectivity index (χ1) is 13.3. The standard InChI is InChI=1S/C22H16N4O/c1-14-7-12-18-19(13-14)24-20(23-18)15-8-10-16(11-9-15)21-25-22(27-26-21)17-5-3-2-4-6-17/h2-13H,1H3,(H,23,24). The average Bonchev–Trinajstić information content (AvgIpc) is 3.36. The molecule has 27 heavy (non-hydrogen) atoms. The maximum absolute atomic E-state index is 5.39. The van der Waals surface area contributed by atoms with Gasteiger partial charge in [-0.05, 0) is 36.8 Å². The van der Waals surface area contributed by atoms with E-state index in [1.807, 2.05) is 54.6 Å². The number of benzene rings is 3. The highest BCUT2D eigenvalue weighted by molar-refractivity contribution is 5.80. The molecule has 0 saturated heterocycles. The zero-order valence-electron chi connectivity index (χ0n) is 14.7. The molecular weight excluding hydrogens is 336 g/mol. The Balaban J connectivity index is 1.45. The van der Waals surface area contributed by atoms with E-state index in [0.29, 0.717) is 11.7 Å². The monoisotopic (exact) mass is 352 g/mol. The molecule has 3 aromatic carbocycles. The first kappa shape index (κ1) is 15.5. The minimum absolute atomic E-state index is 0.516. The summed E-state index contributed by atoms with van der Waals surface area (Å²) >= 11 is 0. The van der Waals surface area contributed by atoms with E-state index in [1.54, 1.807) is 0 Å². The Hall–Kier alpha value is -3.73. The SMILES string of the molecule is Cc1ccc2[nH]c(-c3ccc(-c4noc(-c5ccccc5)n4)cc3)nc2c1. The number of imidazole rings is 1. The van der Waals surface area contributed by atoms with Crippen LogP contribution in [0.5, 0.6) is 0 Å². The third-order valence-electron chi connectivity index (χ3n) is 4.50. The van der Waals surface area contributed by atoms with Crippen molar-refractivity contribution in [2.75, 3.05) is 0 Å². The van der Waals surface area contributed by atoms with Crippen molar-refractivity contribution < 1.29 is 4.52 Å². The maximum Gasteiger partial charge on any atom is 0.258 e. The summed E-state index contributed by atoms with van der Waals surface area (Å²) in [6.45, 7) is 2.07. The molecule has 0 amide bonds. The molecule has 5 nitrogen and oxygen atoms in total. The molecule has 2 heterocycles. The van der Waals surface area contributed by atoms with Crippen LogP contribution in [0.25, 0.3) is 45.3 Å². The fraction of sp³-hybridized carbons (Fsp3) is 0.0455. The largest absolute Gasteiger partial charge is 0.338 e. The molecule has 5 rings (SSSR count). The van der Waals surface area contributed by atoms with Crippen molar-refractivity contribution in [2.45, 2.75) is 6.92 Å². The van der Waals surface area contributed by atoms with Crippen LogP contribution >= 0.6 is 0 Å². The van der Waals surface area contributed by atoms with E-state index in [-0.39, 0.29) is 0 Å². The van der Waals surface area contributed by atoms with Crippen molar-refractivity contribution in [2.24, 2.45) is 0 Å². The van der Waals surface area contributed by atoms with Gasteiger partial charge in [0.25, 0.3) is 5.89 Å². The summed E-state index contributed by atoms with van der Waals surface area (Å²) in [4.78, 5) is 12.5. The number of aryl methyl sites for hydroxylation is 1. The maximum atomic E-state index is 5.39. The van der Waals surface area contributed by atoms with E-state index < -0.39 is 0 Å². The molecule has 0 aliphatic rings. The summed E-state index contributed by atoms with van der Waals surface area (Å²) in [5, 5.41) is 4.10. The predicted molar refractivity (Wildman–Crippen MR) is 105 cm³/mol. The number of nitrogens with zero attached hydrogens (tertiary/aromatic N) is 3. The molecule has 0 atom stereocenters. The number of nitrogens with one attached hydrogen (secondary N) is 1. The van der Waals surface area contributed by atoms with Gasteiger partial charge in [0.15, 0.2) is 0 Å². The van der Waals surface area contributed by atoms with Crippen LogP contribution in [0.2, 0.25) is 0 Å². The van der Waals surface area contributed by atoms with Crippen LogP contribution < -0.4 is 0 Å². The van der Waals surface area contributed by atoms with Crippen molar-refractivity contribution >= 4 is 11.0 Å². The average molecular weight is 352 g/mol. The molecule has 130 valence electrons. The lowest BCUT2D eigenvalue weighted by atomic mass is 10.1. The van der Waals surface area contributed by atoms with Gasteiger partial charge in [-0.3, -0.25) is 0 Å². The fourth-order valence-electron chi connectivity index (χ4n) is 3.07. The molecule has 0 bridgehead atoms. The second-order valence-corrected chi connectivity index (χ2v) is 6.47. The number of H-pyrrole nitrogens is 1. The van der Waals surface area contributed by atoms with E-state index in [1.165, 1.54) is 5.56 Å². The van der Waals surface area contributed by atoms with Gasteiger partial charge in [0.1, 0.15) is 5.82 Å². The lowest BCUT2D eigenvalue weighted by molar-refractivity contribution is 0.432. The summed E-state index contributed by atoms with van der Waals surface area (Å²) in [6.07, 6.45) is 0. The number of aromatic amines is 1. The van der Waals surface area contributed by atoms with Gasteiger partial charge in [-0.15, -0.1) is 0 Å². The van der Waals surface area contributed by atoms with Crippen molar-refractivity contribution in [1.82, 2.24) is 20.1 Å². The topological polar surface area (TPSA) is 67.6 Å². The van der Waals surface area contributed by atoms with Gasteiger partial charge in [0, 0.05) is 16.7 Å². The van der Waals surface area contributed by atoms with Gasteiger partial charge in [0.05, 0.1) is 11.0 Å². The molecule has 0 spiro atoms. The Morgan fingerprint density at radius 1 is 0.778 bits per heavy atom. The molecule has 0 aliphatic heterocycles. The van der Waals surface area contributed by atoms with Crippen molar-refractivity contribution in [3.63, 3.8) is 0 Å². The van der Waals surface area contributed by atoms with Gasteiger partial charge in [-0.1, -0.05) is 53.7 Å². The number of hydrogen-bond donors (Lipinski definition) is 1. The quantitative estimate of drug-likeness (QED) is 0.481. The predicted octanol–water partition coefficient (Wildman–Crippen LogP) is 5.26. The first-order valence-electron chi connectivity index (χ1n) is 8.72. The molecule has 0 radical (unpaired) electrons.